The van der Waals surface area contributed by atoms with Gasteiger partial charge in [-0.05, 0) is 48.9 Å². The molecule has 0 bridgehead atoms. The van der Waals surface area contributed by atoms with Crippen molar-refractivity contribution in [3.63, 3.8) is 0 Å². The summed E-state index contributed by atoms with van der Waals surface area (Å²) in [4.78, 5) is 40.6. The summed E-state index contributed by atoms with van der Waals surface area (Å²) in [5.74, 6) is 1.16. The van der Waals surface area contributed by atoms with Crippen LogP contribution in [0, 0.1) is 10.1 Å². The number of likely N-dealkylation sites (N-methyl/N-ethyl adjacent to an activating group) is 1. The first-order chi connectivity index (χ1) is 17.9. The number of nitrogens with one attached hydrogen (secondary N) is 1. The third-order valence-electron chi connectivity index (χ3n) is 6.77. The standard InChI is InChI=1S/C26H32N4O6S/c1-28-15-22(37-17-19-5-9-21(35-2)10-6-19)13-23(28)25(31)29-12-11-27-14-24(29)26(32)36-16-18-3-7-20(8-4-18)30(33)34/h3-10,22-24,27H,11-17H2,1-2H3/t22-,23-,24?/m0/s1. The highest BCUT2D eigenvalue weighted by Crippen LogP contribution is 2.31. The Labute approximate surface area is 220 Å². The van der Waals surface area contributed by atoms with Gasteiger partial charge in [-0.15, -0.1) is 0 Å². The number of hydrogen-bond acceptors (Lipinski definition) is 9. The highest BCUT2D eigenvalue weighted by Gasteiger charge is 2.41. The van der Waals surface area contributed by atoms with E-state index >= 15 is 0 Å². The maximum absolute atomic E-state index is 13.6. The highest BCUT2D eigenvalue weighted by atomic mass is 32.2. The molecule has 0 aromatic heterocycles. The molecule has 0 aliphatic carbocycles. The van der Waals surface area contributed by atoms with Crippen LogP contribution in [0.15, 0.2) is 48.5 Å². The normalized spacial score (nSPS) is 22.0. The van der Waals surface area contributed by atoms with Crippen LogP contribution in [-0.4, -0.2) is 84.3 Å². The van der Waals surface area contributed by atoms with Gasteiger partial charge in [0, 0.05) is 49.3 Å². The molecular weight excluding hydrogens is 496 g/mol. The fraction of sp³-hybridized carbons (Fsp3) is 0.462. The van der Waals surface area contributed by atoms with E-state index in [4.69, 9.17) is 9.47 Å². The number of ether oxygens (including phenoxy) is 2. The summed E-state index contributed by atoms with van der Waals surface area (Å²) in [6.45, 7) is 2.17. The lowest BCUT2D eigenvalue weighted by Gasteiger charge is -2.37. The summed E-state index contributed by atoms with van der Waals surface area (Å²) < 4.78 is 10.7. The van der Waals surface area contributed by atoms with Crippen LogP contribution < -0.4 is 10.1 Å². The van der Waals surface area contributed by atoms with Gasteiger partial charge in [-0.25, -0.2) is 4.79 Å². The Kier molecular flexibility index (Phi) is 9.01. The monoisotopic (exact) mass is 528 g/mol. The summed E-state index contributed by atoms with van der Waals surface area (Å²) in [5.41, 5.74) is 1.83. The number of nitro groups is 1. The Hall–Kier alpha value is -3.15. The molecule has 11 heteroatoms. The third kappa shape index (κ3) is 6.79. The highest BCUT2D eigenvalue weighted by molar-refractivity contribution is 7.99. The fourth-order valence-electron chi connectivity index (χ4n) is 4.63. The predicted molar refractivity (Wildman–Crippen MR) is 140 cm³/mol. The molecule has 2 aliphatic rings. The number of benzene rings is 2. The maximum atomic E-state index is 13.6. The SMILES string of the molecule is COc1ccc(CS[C@H]2C[C@@H](C(=O)N3CCNCC3C(=O)OCc3ccc([N+](=O)[O-])cc3)N(C)C2)cc1. The van der Waals surface area contributed by atoms with Crippen LogP contribution in [-0.2, 0) is 26.7 Å². The number of nitrogens with zero attached hydrogens (tertiary/aromatic N) is 3. The molecule has 2 aromatic carbocycles. The molecule has 198 valence electrons. The van der Waals surface area contributed by atoms with Gasteiger partial charge in [0.2, 0.25) is 5.91 Å². The lowest BCUT2D eigenvalue weighted by molar-refractivity contribution is -0.384. The van der Waals surface area contributed by atoms with Crippen molar-refractivity contribution in [2.45, 2.75) is 36.1 Å². The second-order valence-corrected chi connectivity index (χ2v) is 10.5. The Bertz CT molecular complexity index is 1100. The molecule has 0 radical (unpaired) electrons. The summed E-state index contributed by atoms with van der Waals surface area (Å²) >= 11 is 1.84. The molecule has 2 aliphatic heterocycles. The number of hydrogen-bond donors (Lipinski definition) is 1. The van der Waals surface area contributed by atoms with Crippen LogP contribution in [0.25, 0.3) is 0 Å². The van der Waals surface area contributed by atoms with Gasteiger partial charge < -0.3 is 19.7 Å². The number of rotatable bonds is 9. The number of carbonyl (C=O) groups excluding carboxylic acids is 2. The van der Waals surface area contributed by atoms with Crippen LogP contribution >= 0.6 is 11.8 Å². The molecule has 10 nitrogen and oxygen atoms in total. The van der Waals surface area contributed by atoms with Gasteiger partial charge in [-0.2, -0.15) is 11.8 Å². The molecule has 2 heterocycles. The summed E-state index contributed by atoms with van der Waals surface area (Å²) in [7, 11) is 3.61. The Morgan fingerprint density at radius 3 is 2.49 bits per heavy atom. The number of methoxy groups -OCH3 is 1. The molecule has 3 atom stereocenters. The largest absolute Gasteiger partial charge is 0.497 e. The Morgan fingerprint density at radius 1 is 1.11 bits per heavy atom. The van der Waals surface area contributed by atoms with Crippen molar-refractivity contribution in [3.8, 4) is 5.75 Å². The zero-order valence-electron chi connectivity index (χ0n) is 21.0. The number of thioether (sulfide) groups is 1. The molecular formula is C26H32N4O6S. The predicted octanol–water partition coefficient (Wildman–Crippen LogP) is 2.45. The summed E-state index contributed by atoms with van der Waals surface area (Å²) in [6, 6.07) is 12.9. The number of nitro benzene ring substituents is 1. The number of non-ortho nitro benzene ring substituents is 1. The van der Waals surface area contributed by atoms with Gasteiger partial charge in [0.15, 0.2) is 0 Å². The van der Waals surface area contributed by atoms with Gasteiger partial charge >= 0.3 is 5.97 Å². The van der Waals surface area contributed by atoms with E-state index in [9.17, 15) is 19.7 Å². The van der Waals surface area contributed by atoms with Gasteiger partial charge in [0.05, 0.1) is 18.1 Å². The van der Waals surface area contributed by atoms with E-state index in [0.717, 1.165) is 24.5 Å². The zero-order valence-corrected chi connectivity index (χ0v) is 21.8. The van der Waals surface area contributed by atoms with E-state index in [0.29, 0.717) is 30.4 Å². The Balaban J connectivity index is 1.32. The van der Waals surface area contributed by atoms with Gasteiger partial charge in [0.1, 0.15) is 18.4 Å². The second kappa shape index (κ2) is 12.4. The van der Waals surface area contributed by atoms with E-state index in [1.165, 1.54) is 17.7 Å². The third-order valence-corrected chi connectivity index (χ3v) is 8.08. The van der Waals surface area contributed by atoms with E-state index in [-0.39, 0.29) is 24.2 Å². The van der Waals surface area contributed by atoms with E-state index in [1.807, 2.05) is 30.9 Å². The molecule has 0 saturated carbocycles. The van der Waals surface area contributed by atoms with Gasteiger partial charge in [-0.1, -0.05) is 12.1 Å². The van der Waals surface area contributed by atoms with Crippen molar-refractivity contribution in [1.29, 1.82) is 0 Å². The number of likely N-dealkylation sites (tertiary alicyclic amines) is 1. The Morgan fingerprint density at radius 2 is 1.81 bits per heavy atom. The van der Waals surface area contributed by atoms with Crippen molar-refractivity contribution < 1.29 is 24.0 Å². The second-order valence-electron chi connectivity index (χ2n) is 9.25. The quantitative estimate of drug-likeness (QED) is 0.298. The van der Waals surface area contributed by atoms with Crippen molar-refractivity contribution in [2.24, 2.45) is 0 Å². The van der Waals surface area contributed by atoms with Crippen molar-refractivity contribution in [1.82, 2.24) is 15.1 Å². The van der Waals surface area contributed by atoms with Crippen LogP contribution in [0.3, 0.4) is 0 Å². The van der Waals surface area contributed by atoms with Crippen LogP contribution in [0.5, 0.6) is 5.75 Å². The number of carbonyl (C=O) groups is 2. The summed E-state index contributed by atoms with van der Waals surface area (Å²) in [5, 5.41) is 14.3. The fourth-order valence-corrected chi connectivity index (χ4v) is 5.91. The van der Waals surface area contributed by atoms with Crippen LogP contribution in [0.2, 0.25) is 0 Å². The average Bonchev–Trinajstić information content (AvgIpc) is 3.30. The molecule has 2 aromatic rings. The number of piperazine rings is 1. The average molecular weight is 529 g/mol. The molecule has 37 heavy (non-hydrogen) atoms. The van der Waals surface area contributed by atoms with E-state index in [2.05, 4.69) is 22.3 Å². The first-order valence-electron chi connectivity index (χ1n) is 12.2. The molecule has 1 unspecified atom stereocenters. The molecule has 0 spiro atoms. The molecule has 1 amide bonds. The molecule has 2 saturated heterocycles. The minimum Gasteiger partial charge on any atom is -0.497 e. The van der Waals surface area contributed by atoms with Gasteiger partial charge in [-0.3, -0.25) is 19.8 Å². The van der Waals surface area contributed by atoms with Crippen molar-refractivity contribution >= 4 is 29.3 Å². The van der Waals surface area contributed by atoms with Crippen LogP contribution in [0.4, 0.5) is 5.69 Å². The van der Waals surface area contributed by atoms with Crippen molar-refractivity contribution in [3.05, 3.63) is 69.8 Å². The lowest BCUT2D eigenvalue weighted by Crippen LogP contribution is -2.60. The van der Waals surface area contributed by atoms with E-state index in [1.54, 1.807) is 24.1 Å². The topological polar surface area (TPSA) is 114 Å². The smallest absolute Gasteiger partial charge is 0.330 e. The number of esters is 1. The first kappa shape index (κ1) is 26.9. The lowest BCUT2D eigenvalue weighted by atomic mass is 10.1. The van der Waals surface area contributed by atoms with E-state index < -0.39 is 16.9 Å². The number of amides is 1. The first-order valence-corrected chi connectivity index (χ1v) is 13.3. The minimum atomic E-state index is -0.710. The summed E-state index contributed by atoms with van der Waals surface area (Å²) in [6.07, 6.45) is 0.727. The van der Waals surface area contributed by atoms with Crippen LogP contribution in [0.1, 0.15) is 17.5 Å². The van der Waals surface area contributed by atoms with Crippen molar-refractivity contribution in [2.75, 3.05) is 40.3 Å². The molecule has 4 rings (SSSR count). The van der Waals surface area contributed by atoms with Gasteiger partial charge in [0.25, 0.3) is 5.69 Å². The minimum absolute atomic E-state index is 0.0111. The maximum Gasteiger partial charge on any atom is 0.330 e. The molecule has 1 N–H and O–H groups in total. The zero-order chi connectivity index (χ0) is 26.4. The molecule has 2 fully saturated rings.